The van der Waals surface area contributed by atoms with Gasteiger partial charge in [-0.3, -0.25) is 4.79 Å². The molecule has 2 unspecified atom stereocenters. The van der Waals surface area contributed by atoms with Crippen LogP contribution in [-0.2, 0) is 11.0 Å². The van der Waals surface area contributed by atoms with Gasteiger partial charge >= 0.3 is 6.18 Å². The minimum atomic E-state index is -4.43. The van der Waals surface area contributed by atoms with Crippen molar-refractivity contribution in [3.63, 3.8) is 0 Å². The Hall–Kier alpha value is -1.60. The summed E-state index contributed by atoms with van der Waals surface area (Å²) in [4.78, 5) is 11.4. The van der Waals surface area contributed by atoms with Crippen molar-refractivity contribution in [1.82, 2.24) is 5.32 Å². The maximum atomic E-state index is 12.5. The number of hydrogen-bond acceptors (Lipinski definition) is 3. The smallest absolute Gasteiger partial charge is 0.394 e. The van der Waals surface area contributed by atoms with Crippen LogP contribution >= 0.6 is 0 Å². The normalized spacial score (nSPS) is 14.8. The van der Waals surface area contributed by atoms with Crippen molar-refractivity contribution in [3.05, 3.63) is 35.4 Å². The Morgan fingerprint density at radius 2 is 2.11 bits per heavy atom. The van der Waals surface area contributed by atoms with Crippen molar-refractivity contribution >= 4 is 5.91 Å². The third-order valence-electron chi connectivity index (χ3n) is 2.61. The van der Waals surface area contributed by atoms with Gasteiger partial charge in [0.2, 0.25) is 5.91 Å². The van der Waals surface area contributed by atoms with E-state index in [9.17, 15) is 18.0 Å². The van der Waals surface area contributed by atoms with Crippen LogP contribution in [0.1, 0.15) is 24.1 Å². The molecule has 0 aliphatic heterocycles. The van der Waals surface area contributed by atoms with Gasteiger partial charge in [-0.1, -0.05) is 12.1 Å². The minimum absolute atomic E-state index is 0.313. The van der Waals surface area contributed by atoms with Gasteiger partial charge in [0.25, 0.3) is 0 Å². The quantitative estimate of drug-likeness (QED) is 0.773. The second-order valence-corrected chi connectivity index (χ2v) is 4.14. The van der Waals surface area contributed by atoms with E-state index in [2.05, 4.69) is 5.32 Å². The molecule has 1 aromatic rings. The fraction of sp³-hybridized carbons (Fsp3) is 0.417. The number of carbonyl (C=O) groups is 1. The molecule has 0 heterocycles. The Bertz CT molecular complexity index is 449. The van der Waals surface area contributed by atoms with Crippen molar-refractivity contribution in [1.29, 1.82) is 0 Å². The molecule has 0 bridgehead atoms. The summed E-state index contributed by atoms with van der Waals surface area (Å²) in [7, 11) is 0. The number of nitrogens with two attached hydrogens (primary N) is 1. The maximum Gasteiger partial charge on any atom is 0.416 e. The fourth-order valence-electron chi connectivity index (χ4n) is 1.47. The maximum absolute atomic E-state index is 12.5. The lowest BCUT2D eigenvalue weighted by Crippen LogP contribution is -2.43. The molecule has 0 aliphatic carbocycles. The molecule has 0 aromatic heterocycles. The topological polar surface area (TPSA) is 75.4 Å². The van der Waals surface area contributed by atoms with Gasteiger partial charge in [0.1, 0.15) is 6.04 Å². The van der Waals surface area contributed by atoms with Crippen LogP contribution in [0.15, 0.2) is 24.3 Å². The zero-order valence-electron chi connectivity index (χ0n) is 10.2. The Morgan fingerprint density at radius 3 is 2.63 bits per heavy atom. The van der Waals surface area contributed by atoms with Gasteiger partial charge in [0.05, 0.1) is 18.2 Å². The molecule has 0 saturated heterocycles. The zero-order chi connectivity index (χ0) is 14.6. The molecule has 4 N–H and O–H groups in total. The number of hydrogen-bond donors (Lipinski definition) is 3. The lowest BCUT2D eigenvalue weighted by atomic mass is 10.0. The highest BCUT2D eigenvalue weighted by atomic mass is 19.4. The first kappa shape index (κ1) is 15.5. The second kappa shape index (κ2) is 6.03. The van der Waals surface area contributed by atoms with Crippen LogP contribution in [0.2, 0.25) is 0 Å². The van der Waals surface area contributed by atoms with Crippen LogP contribution in [0.25, 0.3) is 0 Å². The standard InChI is InChI=1S/C12H15F3N2O2/c1-7(17-11(19)10(16)6-18)8-3-2-4-9(5-8)12(13,14)15/h2-5,7,10,18H,6,16H2,1H3,(H,17,19). The van der Waals surface area contributed by atoms with Crippen LogP contribution < -0.4 is 11.1 Å². The summed E-state index contributed by atoms with van der Waals surface area (Å²) in [6.45, 7) is 1.01. The van der Waals surface area contributed by atoms with E-state index in [0.717, 1.165) is 12.1 Å². The number of amides is 1. The molecule has 106 valence electrons. The average Bonchev–Trinajstić information content (AvgIpc) is 2.36. The van der Waals surface area contributed by atoms with E-state index in [1.807, 2.05) is 0 Å². The largest absolute Gasteiger partial charge is 0.416 e. The Morgan fingerprint density at radius 1 is 1.47 bits per heavy atom. The summed E-state index contributed by atoms with van der Waals surface area (Å²) < 4.78 is 37.6. The van der Waals surface area contributed by atoms with Crippen LogP contribution in [0.4, 0.5) is 13.2 Å². The summed E-state index contributed by atoms with van der Waals surface area (Å²) in [6, 6.07) is 2.95. The molecule has 0 aliphatic rings. The monoisotopic (exact) mass is 276 g/mol. The van der Waals surface area contributed by atoms with Gasteiger partial charge < -0.3 is 16.2 Å². The highest BCUT2D eigenvalue weighted by Crippen LogP contribution is 2.30. The van der Waals surface area contributed by atoms with Crippen LogP contribution in [0, 0.1) is 0 Å². The van der Waals surface area contributed by atoms with Crippen molar-refractivity contribution in [2.75, 3.05) is 6.61 Å². The number of carbonyl (C=O) groups excluding carboxylic acids is 1. The molecule has 0 fully saturated rings. The summed E-state index contributed by atoms with van der Waals surface area (Å²) in [5, 5.41) is 11.1. The van der Waals surface area contributed by atoms with Gasteiger partial charge in [0, 0.05) is 0 Å². The number of nitrogens with one attached hydrogen (secondary N) is 1. The highest BCUT2D eigenvalue weighted by molar-refractivity contribution is 5.81. The molecule has 1 aromatic carbocycles. The molecule has 7 heteroatoms. The lowest BCUT2D eigenvalue weighted by molar-refractivity contribution is -0.137. The zero-order valence-corrected chi connectivity index (χ0v) is 10.2. The number of aliphatic hydroxyl groups excluding tert-OH is 1. The molecular formula is C12H15F3N2O2. The molecule has 4 nitrogen and oxygen atoms in total. The van der Waals surface area contributed by atoms with E-state index in [4.69, 9.17) is 10.8 Å². The Labute approximate surface area is 108 Å². The number of halogens is 3. The van der Waals surface area contributed by atoms with Crippen molar-refractivity contribution < 1.29 is 23.1 Å². The van der Waals surface area contributed by atoms with E-state index in [0.29, 0.717) is 5.56 Å². The molecule has 1 rings (SSSR count). The first-order valence-electron chi connectivity index (χ1n) is 5.59. The van der Waals surface area contributed by atoms with Gasteiger partial charge in [-0.05, 0) is 24.6 Å². The highest BCUT2D eigenvalue weighted by Gasteiger charge is 2.30. The van der Waals surface area contributed by atoms with E-state index >= 15 is 0 Å². The summed E-state index contributed by atoms with van der Waals surface area (Å²) in [6.07, 6.45) is -4.43. The molecular weight excluding hydrogens is 261 g/mol. The van der Waals surface area contributed by atoms with E-state index in [1.165, 1.54) is 19.1 Å². The van der Waals surface area contributed by atoms with Crippen molar-refractivity contribution in [2.45, 2.75) is 25.2 Å². The van der Waals surface area contributed by atoms with Crippen LogP contribution in [-0.4, -0.2) is 23.7 Å². The van der Waals surface area contributed by atoms with E-state index < -0.39 is 36.3 Å². The van der Waals surface area contributed by atoms with Crippen LogP contribution in [0.3, 0.4) is 0 Å². The number of benzene rings is 1. The van der Waals surface area contributed by atoms with Gasteiger partial charge in [0.15, 0.2) is 0 Å². The van der Waals surface area contributed by atoms with Gasteiger partial charge in [-0.2, -0.15) is 13.2 Å². The molecule has 0 radical (unpaired) electrons. The molecule has 0 spiro atoms. The second-order valence-electron chi connectivity index (χ2n) is 4.14. The van der Waals surface area contributed by atoms with Crippen molar-refractivity contribution in [2.24, 2.45) is 5.73 Å². The van der Waals surface area contributed by atoms with Gasteiger partial charge in [-0.25, -0.2) is 0 Å². The van der Waals surface area contributed by atoms with E-state index in [-0.39, 0.29) is 0 Å². The first-order chi connectivity index (χ1) is 8.75. The Kier molecular flexibility index (Phi) is 4.90. The summed E-state index contributed by atoms with van der Waals surface area (Å²) >= 11 is 0. The SMILES string of the molecule is CC(NC(=O)C(N)CO)c1cccc(C(F)(F)F)c1. The minimum Gasteiger partial charge on any atom is -0.394 e. The first-order valence-corrected chi connectivity index (χ1v) is 5.59. The van der Waals surface area contributed by atoms with Crippen molar-refractivity contribution in [3.8, 4) is 0 Å². The Balaban J connectivity index is 2.83. The average molecular weight is 276 g/mol. The summed E-state index contributed by atoms with van der Waals surface area (Å²) in [5.74, 6) is -0.618. The number of rotatable bonds is 4. The molecule has 2 atom stereocenters. The fourth-order valence-corrected chi connectivity index (χ4v) is 1.47. The number of aliphatic hydroxyl groups is 1. The van der Waals surface area contributed by atoms with Crippen LogP contribution in [0.5, 0.6) is 0 Å². The predicted octanol–water partition coefficient (Wildman–Crippen LogP) is 1.20. The third kappa shape index (κ3) is 4.22. The summed E-state index contributed by atoms with van der Waals surface area (Å²) in [5.41, 5.74) is 4.83. The molecule has 1 amide bonds. The van der Waals surface area contributed by atoms with Gasteiger partial charge in [-0.15, -0.1) is 0 Å². The molecule has 0 saturated carbocycles. The third-order valence-corrected chi connectivity index (χ3v) is 2.61. The molecule has 19 heavy (non-hydrogen) atoms. The van der Waals surface area contributed by atoms with E-state index in [1.54, 1.807) is 0 Å². The number of alkyl halides is 3. The lowest BCUT2D eigenvalue weighted by Gasteiger charge is -2.18. The predicted molar refractivity (Wildman–Crippen MR) is 63.1 cm³/mol.